The van der Waals surface area contributed by atoms with Gasteiger partial charge in [0.1, 0.15) is 18.2 Å². The lowest BCUT2D eigenvalue weighted by atomic mass is 9.67. The lowest BCUT2D eigenvalue weighted by Crippen LogP contribution is -2.28. The van der Waals surface area contributed by atoms with Crippen molar-refractivity contribution in [2.45, 2.75) is 78.1 Å². The van der Waals surface area contributed by atoms with Crippen LogP contribution in [0.2, 0.25) is 0 Å². The van der Waals surface area contributed by atoms with E-state index in [0.717, 1.165) is 58.6 Å². The third kappa shape index (κ3) is 5.70. The van der Waals surface area contributed by atoms with Gasteiger partial charge in [-0.25, -0.2) is 4.39 Å². The van der Waals surface area contributed by atoms with Gasteiger partial charge >= 0.3 is 0 Å². The van der Waals surface area contributed by atoms with Crippen molar-refractivity contribution < 1.29 is 9.13 Å². The second-order valence-electron chi connectivity index (χ2n) is 10.4. The molecular weight excluding hydrogens is 407 g/mol. The smallest absolute Gasteiger partial charge is 0.134 e. The van der Waals surface area contributed by atoms with E-state index < -0.39 is 0 Å². The zero-order valence-electron chi connectivity index (χ0n) is 20.7. The molecule has 0 spiro atoms. The Bertz CT molecular complexity index is 958. The van der Waals surface area contributed by atoms with Crippen molar-refractivity contribution in [2.75, 3.05) is 6.61 Å². The average Bonchev–Trinajstić information content (AvgIpc) is 2.85. The van der Waals surface area contributed by atoms with E-state index in [2.05, 4.69) is 32.1 Å². The quantitative estimate of drug-likeness (QED) is 0.384. The summed E-state index contributed by atoms with van der Waals surface area (Å²) in [5.74, 6) is 4.43. The summed E-state index contributed by atoms with van der Waals surface area (Å²) in [4.78, 5) is 0. The maximum Gasteiger partial charge on any atom is 0.134 e. The molecule has 2 aliphatic carbocycles. The van der Waals surface area contributed by atoms with Gasteiger partial charge in [-0.15, -0.1) is 0 Å². The minimum Gasteiger partial charge on any atom is -0.490 e. The summed E-state index contributed by atoms with van der Waals surface area (Å²) in [6.07, 6.45) is 18.8. The first-order valence-corrected chi connectivity index (χ1v) is 13.2. The number of rotatable bonds is 7. The number of ether oxygens (including phenoxy) is 1. The van der Waals surface area contributed by atoms with Crippen molar-refractivity contribution in [1.82, 2.24) is 0 Å². The first-order valence-electron chi connectivity index (χ1n) is 13.2. The van der Waals surface area contributed by atoms with Crippen molar-refractivity contribution in [3.8, 4) is 5.75 Å². The second-order valence-corrected chi connectivity index (χ2v) is 10.4. The number of hydrogen-bond donors (Lipinski definition) is 0. The van der Waals surface area contributed by atoms with E-state index in [1.165, 1.54) is 38.5 Å². The number of halogens is 1. The first-order chi connectivity index (χ1) is 16.1. The second kappa shape index (κ2) is 11.4. The highest BCUT2D eigenvalue weighted by atomic mass is 19.1. The van der Waals surface area contributed by atoms with Crippen LogP contribution in [0.4, 0.5) is 4.39 Å². The van der Waals surface area contributed by atoms with Gasteiger partial charge in [0.05, 0.1) is 0 Å². The highest BCUT2D eigenvalue weighted by molar-refractivity contribution is 5.85. The summed E-state index contributed by atoms with van der Waals surface area (Å²) in [6.45, 7) is 7.16. The van der Waals surface area contributed by atoms with Gasteiger partial charge in [0, 0.05) is 5.39 Å². The SMILES string of the molecule is C/C=C/COc1ccc2c(F)c(C3CCC(C(C)C4CCC(/C=C/C)CC4)CC3)ccc2c1. The van der Waals surface area contributed by atoms with Crippen LogP contribution in [0.15, 0.2) is 54.6 Å². The molecule has 0 N–H and O–H groups in total. The van der Waals surface area contributed by atoms with Gasteiger partial charge in [0.2, 0.25) is 0 Å². The third-order valence-electron chi connectivity index (χ3n) is 8.52. The number of benzene rings is 2. The summed E-state index contributed by atoms with van der Waals surface area (Å²) in [6, 6.07) is 9.84. The van der Waals surface area contributed by atoms with E-state index in [-0.39, 0.29) is 5.82 Å². The lowest BCUT2D eigenvalue weighted by molar-refractivity contribution is 0.142. The van der Waals surface area contributed by atoms with Crippen LogP contribution in [0.1, 0.15) is 83.6 Å². The molecule has 1 nitrogen and oxygen atoms in total. The molecule has 1 unspecified atom stereocenters. The molecule has 0 aliphatic heterocycles. The molecule has 2 aromatic carbocycles. The van der Waals surface area contributed by atoms with E-state index in [1.807, 2.05) is 43.3 Å². The van der Waals surface area contributed by atoms with Crippen LogP contribution in [0, 0.1) is 29.5 Å². The Hall–Kier alpha value is -2.09. The fourth-order valence-electron chi connectivity index (χ4n) is 6.41. The monoisotopic (exact) mass is 448 g/mol. The molecule has 4 rings (SSSR count). The van der Waals surface area contributed by atoms with Gasteiger partial charge in [-0.05, 0) is 124 Å². The highest BCUT2D eigenvalue weighted by Gasteiger charge is 2.33. The maximum atomic E-state index is 15.5. The van der Waals surface area contributed by atoms with E-state index in [0.29, 0.717) is 12.5 Å². The van der Waals surface area contributed by atoms with Gasteiger partial charge in [0.15, 0.2) is 0 Å². The number of hydrogen-bond acceptors (Lipinski definition) is 1. The Kier molecular flexibility index (Phi) is 8.28. The fraction of sp³-hybridized carbons (Fsp3) is 0.548. The van der Waals surface area contributed by atoms with Gasteiger partial charge in [-0.1, -0.05) is 43.4 Å². The Balaban J connectivity index is 1.36. The molecule has 0 saturated heterocycles. The lowest BCUT2D eigenvalue weighted by Gasteiger charge is -2.39. The molecular formula is C31H41FO. The van der Waals surface area contributed by atoms with E-state index in [1.54, 1.807) is 0 Å². The third-order valence-corrected chi connectivity index (χ3v) is 8.52. The Morgan fingerprint density at radius 2 is 1.61 bits per heavy atom. The molecule has 2 aliphatic rings. The molecule has 2 fully saturated rings. The van der Waals surface area contributed by atoms with Gasteiger partial charge in [-0.2, -0.15) is 0 Å². The van der Waals surface area contributed by atoms with Gasteiger partial charge in [-0.3, -0.25) is 0 Å². The predicted octanol–water partition coefficient (Wildman–Crippen LogP) is 9.23. The molecule has 0 radical (unpaired) electrons. The number of fused-ring (bicyclic) bond motifs is 1. The molecule has 2 heteroatoms. The van der Waals surface area contributed by atoms with Crippen LogP contribution in [0.3, 0.4) is 0 Å². The van der Waals surface area contributed by atoms with Gasteiger partial charge < -0.3 is 4.74 Å². The number of allylic oxidation sites excluding steroid dienone is 3. The highest BCUT2D eigenvalue weighted by Crippen LogP contribution is 2.45. The van der Waals surface area contributed by atoms with Crippen molar-refractivity contribution in [2.24, 2.45) is 23.7 Å². The Labute approximate surface area is 200 Å². The molecule has 0 bridgehead atoms. The molecule has 0 amide bonds. The Morgan fingerprint density at radius 1 is 0.909 bits per heavy atom. The topological polar surface area (TPSA) is 9.23 Å². The minimum absolute atomic E-state index is 0.0219. The average molecular weight is 449 g/mol. The Morgan fingerprint density at radius 3 is 2.27 bits per heavy atom. The van der Waals surface area contributed by atoms with Crippen LogP contribution in [-0.4, -0.2) is 6.61 Å². The summed E-state index contributed by atoms with van der Waals surface area (Å²) in [5.41, 5.74) is 0.919. The summed E-state index contributed by atoms with van der Waals surface area (Å²) < 4.78 is 21.2. The molecule has 178 valence electrons. The van der Waals surface area contributed by atoms with E-state index >= 15 is 4.39 Å². The first kappa shape index (κ1) is 24.0. The molecule has 2 aromatic rings. The zero-order valence-corrected chi connectivity index (χ0v) is 20.7. The van der Waals surface area contributed by atoms with Crippen molar-refractivity contribution in [3.05, 3.63) is 66.0 Å². The molecule has 2 saturated carbocycles. The predicted molar refractivity (Wildman–Crippen MR) is 138 cm³/mol. The van der Waals surface area contributed by atoms with Crippen LogP contribution >= 0.6 is 0 Å². The molecule has 0 aromatic heterocycles. The zero-order chi connectivity index (χ0) is 23.2. The van der Waals surface area contributed by atoms with E-state index in [9.17, 15) is 0 Å². The van der Waals surface area contributed by atoms with E-state index in [4.69, 9.17) is 4.74 Å². The van der Waals surface area contributed by atoms with Gasteiger partial charge in [0.25, 0.3) is 0 Å². The van der Waals surface area contributed by atoms with Crippen LogP contribution in [0.25, 0.3) is 10.8 Å². The van der Waals surface area contributed by atoms with Crippen LogP contribution < -0.4 is 4.74 Å². The largest absolute Gasteiger partial charge is 0.490 e. The van der Waals surface area contributed by atoms with Crippen molar-refractivity contribution in [3.63, 3.8) is 0 Å². The molecule has 0 heterocycles. The molecule has 33 heavy (non-hydrogen) atoms. The normalized spacial score (nSPS) is 27.4. The standard InChI is InChI=1S/C31H41FO/c1-4-6-20-33-28-17-19-30-27(21-28)16-18-29(31(30)32)26-14-12-25(13-15-26)22(3)24-10-8-23(7-5-2)9-11-24/h4-7,16-19,21-26H,8-15,20H2,1-3H3/b6-4+,7-5+. The maximum absolute atomic E-state index is 15.5. The van der Waals surface area contributed by atoms with Crippen molar-refractivity contribution in [1.29, 1.82) is 0 Å². The summed E-state index contributed by atoms with van der Waals surface area (Å²) >= 11 is 0. The van der Waals surface area contributed by atoms with Crippen molar-refractivity contribution >= 4 is 10.8 Å². The molecule has 1 atom stereocenters. The summed E-state index contributed by atoms with van der Waals surface area (Å²) in [5, 5.41) is 1.64. The minimum atomic E-state index is -0.0219. The van der Waals surface area contributed by atoms with Crippen LogP contribution in [-0.2, 0) is 0 Å². The fourth-order valence-corrected chi connectivity index (χ4v) is 6.41. The summed E-state index contributed by atoms with van der Waals surface area (Å²) in [7, 11) is 0. The van der Waals surface area contributed by atoms with Crippen LogP contribution in [0.5, 0.6) is 5.75 Å².